The number of aliphatic hydroxyl groups excluding tert-OH is 1. The Labute approximate surface area is 153 Å². The van der Waals surface area contributed by atoms with Crippen LogP contribution in [-0.2, 0) is 0 Å². The zero-order valence-corrected chi connectivity index (χ0v) is 16.8. The zero-order chi connectivity index (χ0) is 17.8. The molecule has 1 N–H and O–H groups in total. The van der Waals surface area contributed by atoms with Crippen molar-refractivity contribution in [1.29, 1.82) is 0 Å². The molecule has 0 fully saturated rings. The molecule has 0 amide bonds. The summed E-state index contributed by atoms with van der Waals surface area (Å²) in [6, 6.07) is 18.9. The fraction of sp³-hybridized carbons (Fsp3) is 0.400. The molecule has 0 saturated carbocycles. The van der Waals surface area contributed by atoms with Crippen molar-refractivity contribution in [1.82, 2.24) is 0 Å². The summed E-state index contributed by atoms with van der Waals surface area (Å²) in [6.45, 7) is 7.14. The molecule has 0 aromatic heterocycles. The molecule has 2 atom stereocenters. The predicted molar refractivity (Wildman–Crippen MR) is 109 cm³/mol. The van der Waals surface area contributed by atoms with Crippen LogP contribution in [0.5, 0.6) is 5.75 Å². The molecular formula is C20H29O2PS. The van der Waals surface area contributed by atoms with Gasteiger partial charge in [0.15, 0.2) is 0 Å². The van der Waals surface area contributed by atoms with Gasteiger partial charge in [-0.1, -0.05) is 44.2 Å². The van der Waals surface area contributed by atoms with E-state index in [0.717, 1.165) is 18.1 Å². The number of aliphatic hydroxyl groups is 1. The maximum Gasteiger partial charge on any atom is 0.119 e. The number of hydrogen-bond acceptors (Lipinski definition) is 3. The molecule has 0 saturated heterocycles. The molecule has 2 aromatic rings. The Balaban J connectivity index is 0.000000891. The van der Waals surface area contributed by atoms with Gasteiger partial charge in [0, 0.05) is 22.9 Å². The quantitative estimate of drug-likeness (QED) is 0.404. The average Bonchev–Trinajstić information content (AvgIpc) is 2.60. The van der Waals surface area contributed by atoms with Gasteiger partial charge in [0.2, 0.25) is 0 Å². The largest absolute Gasteiger partial charge is 0.493 e. The number of ether oxygens (including phenoxy) is 1. The van der Waals surface area contributed by atoms with Crippen LogP contribution in [0, 0.1) is 5.92 Å². The summed E-state index contributed by atoms with van der Waals surface area (Å²) in [4.78, 5) is 1.29. The van der Waals surface area contributed by atoms with Crippen molar-refractivity contribution in [3.63, 3.8) is 0 Å². The molecule has 0 aliphatic heterocycles. The number of rotatable bonds is 7. The van der Waals surface area contributed by atoms with E-state index in [0.29, 0.717) is 11.6 Å². The second-order valence-corrected chi connectivity index (χ2v) is 7.55. The summed E-state index contributed by atoms with van der Waals surface area (Å²) < 4.78 is 5.80. The number of thioether (sulfide) groups is 1. The second kappa shape index (κ2) is 12.4. The minimum absolute atomic E-state index is 0.250. The Hall–Kier alpha value is -1.02. The van der Waals surface area contributed by atoms with Crippen molar-refractivity contribution in [3.05, 3.63) is 60.2 Å². The van der Waals surface area contributed by atoms with Crippen LogP contribution in [0.25, 0.3) is 0 Å². The van der Waals surface area contributed by atoms with Crippen LogP contribution >= 0.6 is 21.0 Å². The summed E-state index contributed by atoms with van der Waals surface area (Å²) in [5.41, 5.74) is 1.86. The predicted octanol–water partition coefficient (Wildman–Crippen LogP) is 5.43. The van der Waals surface area contributed by atoms with Crippen LogP contribution < -0.4 is 4.74 Å². The Morgan fingerprint density at radius 2 is 1.62 bits per heavy atom. The maximum atomic E-state index is 7.57. The van der Waals surface area contributed by atoms with E-state index >= 15 is 0 Å². The third-order valence-electron chi connectivity index (χ3n) is 3.35. The SMILES string of the molecule is CC(C)C(P)c1ccc(OCCSc2ccccc2)cc1.CCO. The first-order valence-corrected chi connectivity index (χ1v) is 10.0. The molecule has 2 aromatic carbocycles. The van der Waals surface area contributed by atoms with E-state index < -0.39 is 0 Å². The molecule has 4 heteroatoms. The van der Waals surface area contributed by atoms with Crippen molar-refractivity contribution in [2.75, 3.05) is 19.0 Å². The van der Waals surface area contributed by atoms with Crippen LogP contribution in [0.4, 0.5) is 0 Å². The Morgan fingerprint density at radius 3 is 2.17 bits per heavy atom. The third-order valence-corrected chi connectivity index (χ3v) is 5.48. The van der Waals surface area contributed by atoms with Crippen LogP contribution in [0.2, 0.25) is 0 Å². The van der Waals surface area contributed by atoms with E-state index in [1.54, 1.807) is 6.92 Å². The summed E-state index contributed by atoms with van der Waals surface area (Å²) >= 11 is 1.82. The van der Waals surface area contributed by atoms with Gasteiger partial charge in [0.1, 0.15) is 5.75 Å². The van der Waals surface area contributed by atoms with E-state index in [1.807, 2.05) is 17.8 Å². The van der Waals surface area contributed by atoms with E-state index in [4.69, 9.17) is 9.84 Å². The van der Waals surface area contributed by atoms with E-state index in [9.17, 15) is 0 Å². The van der Waals surface area contributed by atoms with E-state index in [-0.39, 0.29) is 6.61 Å². The van der Waals surface area contributed by atoms with Gasteiger partial charge in [0.25, 0.3) is 0 Å². The maximum absolute atomic E-state index is 7.57. The van der Waals surface area contributed by atoms with Crippen molar-refractivity contribution in [3.8, 4) is 5.75 Å². The van der Waals surface area contributed by atoms with Gasteiger partial charge < -0.3 is 9.84 Å². The Bertz CT molecular complexity index is 543. The smallest absolute Gasteiger partial charge is 0.119 e. The molecule has 0 heterocycles. The van der Waals surface area contributed by atoms with Gasteiger partial charge in [0.05, 0.1) is 6.61 Å². The van der Waals surface area contributed by atoms with Gasteiger partial charge in [-0.25, -0.2) is 0 Å². The van der Waals surface area contributed by atoms with Gasteiger partial charge in [-0.15, -0.1) is 21.0 Å². The summed E-state index contributed by atoms with van der Waals surface area (Å²) in [5.74, 6) is 2.54. The highest BCUT2D eigenvalue weighted by Gasteiger charge is 2.09. The van der Waals surface area contributed by atoms with Gasteiger partial charge in [-0.05, 0) is 42.7 Å². The lowest BCUT2D eigenvalue weighted by Gasteiger charge is -2.16. The normalized spacial score (nSPS) is 11.6. The molecule has 132 valence electrons. The van der Waals surface area contributed by atoms with Crippen LogP contribution in [0.3, 0.4) is 0 Å². The van der Waals surface area contributed by atoms with E-state index in [1.165, 1.54) is 10.5 Å². The lowest BCUT2D eigenvalue weighted by atomic mass is 10.0. The number of hydrogen-bond donors (Lipinski definition) is 1. The molecule has 0 bridgehead atoms. The van der Waals surface area contributed by atoms with Gasteiger partial charge >= 0.3 is 0 Å². The molecule has 24 heavy (non-hydrogen) atoms. The minimum Gasteiger partial charge on any atom is -0.493 e. The van der Waals surface area contributed by atoms with E-state index in [2.05, 4.69) is 71.6 Å². The molecule has 0 aliphatic carbocycles. The van der Waals surface area contributed by atoms with Crippen molar-refractivity contribution >= 4 is 21.0 Å². The van der Waals surface area contributed by atoms with Crippen molar-refractivity contribution < 1.29 is 9.84 Å². The molecule has 0 aliphatic rings. The minimum atomic E-state index is 0.250. The average molecular weight is 364 g/mol. The monoisotopic (exact) mass is 364 g/mol. The molecule has 0 radical (unpaired) electrons. The molecule has 2 rings (SSSR count). The highest BCUT2D eigenvalue weighted by molar-refractivity contribution is 7.99. The third kappa shape index (κ3) is 8.19. The molecule has 2 nitrogen and oxygen atoms in total. The Kier molecular flexibility index (Phi) is 10.8. The Morgan fingerprint density at radius 1 is 1.04 bits per heavy atom. The van der Waals surface area contributed by atoms with Crippen molar-refractivity contribution in [2.24, 2.45) is 5.92 Å². The van der Waals surface area contributed by atoms with Gasteiger partial charge in [-0.2, -0.15) is 0 Å². The fourth-order valence-corrected chi connectivity index (χ4v) is 2.98. The standard InChI is InChI=1S/C18H23OPS.C2H6O/c1-14(2)18(20)15-8-10-16(11-9-15)19-12-13-21-17-6-4-3-5-7-17;1-2-3/h3-11,14,18H,12-13,20H2,1-2H3;3H,2H2,1H3. The molecule has 0 spiro atoms. The molecule has 2 unspecified atom stereocenters. The fourth-order valence-electron chi connectivity index (χ4n) is 2.01. The number of benzene rings is 2. The first kappa shape index (κ1) is 21.0. The first-order chi connectivity index (χ1) is 11.6. The molecular weight excluding hydrogens is 335 g/mol. The van der Waals surface area contributed by atoms with Crippen LogP contribution in [0.1, 0.15) is 32.0 Å². The zero-order valence-electron chi connectivity index (χ0n) is 14.8. The summed E-state index contributed by atoms with van der Waals surface area (Å²) in [7, 11) is 2.92. The second-order valence-electron chi connectivity index (χ2n) is 5.67. The van der Waals surface area contributed by atoms with Crippen LogP contribution in [-0.4, -0.2) is 24.1 Å². The lowest BCUT2D eigenvalue weighted by molar-refractivity contribution is 0.318. The lowest BCUT2D eigenvalue weighted by Crippen LogP contribution is -2.01. The highest BCUT2D eigenvalue weighted by Crippen LogP contribution is 2.31. The topological polar surface area (TPSA) is 29.5 Å². The summed E-state index contributed by atoms with van der Waals surface area (Å²) in [5, 5.41) is 7.57. The van der Waals surface area contributed by atoms with Gasteiger partial charge in [-0.3, -0.25) is 0 Å². The first-order valence-electron chi connectivity index (χ1n) is 8.35. The van der Waals surface area contributed by atoms with Crippen LogP contribution in [0.15, 0.2) is 59.5 Å². The highest BCUT2D eigenvalue weighted by atomic mass is 32.2. The summed E-state index contributed by atoms with van der Waals surface area (Å²) in [6.07, 6.45) is 0. The van der Waals surface area contributed by atoms with Crippen molar-refractivity contribution in [2.45, 2.75) is 31.3 Å².